The first kappa shape index (κ1) is 50.1. The normalized spacial score (nSPS) is 14.3. The molecule has 0 spiro atoms. The van der Waals surface area contributed by atoms with E-state index in [-0.39, 0.29) is 39.2 Å². The van der Waals surface area contributed by atoms with E-state index < -0.39 is 0 Å². The molecule has 2 aromatic heterocycles. The zero-order valence-corrected chi connectivity index (χ0v) is 48.7. The van der Waals surface area contributed by atoms with Gasteiger partial charge in [-0.05, 0) is 162 Å². The Bertz CT molecular complexity index is 3730. The zero-order chi connectivity index (χ0) is 53.1. The SMILES string of the molecule is Cc1cc2c3c(c1)N(c1ccc(C(C)(C)C)cc1-c1ccc(C(C)(C)C)cc1)c1c(sc4ccc(C(C)(C)C)cc14)B3c1c(ccc3c1oc1cc(C(C)(C)C)cc(C(C)(C)C)c13)N2c1ccc(C(C)(C)C)cc1. The lowest BCUT2D eigenvalue weighted by atomic mass is 9.36. The lowest BCUT2D eigenvalue weighted by Crippen LogP contribution is -2.60. The molecule has 0 radical (unpaired) electrons. The van der Waals surface area contributed by atoms with Gasteiger partial charge < -0.3 is 14.2 Å². The zero-order valence-electron chi connectivity index (χ0n) is 47.8. The van der Waals surface area contributed by atoms with Crippen LogP contribution in [0.2, 0.25) is 0 Å². The number of nitrogens with zero attached hydrogens (tertiary/aromatic N) is 2. The number of hydrogen-bond acceptors (Lipinski definition) is 4. The third-order valence-corrected chi connectivity index (χ3v) is 17.4. The van der Waals surface area contributed by atoms with Crippen LogP contribution in [-0.2, 0) is 32.5 Å². The molecule has 0 unspecified atom stereocenters. The fourth-order valence-electron chi connectivity index (χ4n) is 11.8. The van der Waals surface area contributed by atoms with Gasteiger partial charge in [-0.2, -0.15) is 0 Å². The minimum atomic E-state index is -0.119. The maximum atomic E-state index is 7.59. The Morgan fingerprint density at radius 2 is 0.959 bits per heavy atom. The van der Waals surface area contributed by atoms with Crippen molar-refractivity contribution >= 4 is 99.9 Å². The van der Waals surface area contributed by atoms with Crippen molar-refractivity contribution in [3.8, 4) is 11.1 Å². The minimum absolute atomic E-state index is 0.0152. The molecule has 0 saturated heterocycles. The Morgan fingerprint density at radius 1 is 0.432 bits per heavy atom. The number of thiophene rings is 1. The molecule has 378 valence electrons. The van der Waals surface area contributed by atoms with Gasteiger partial charge >= 0.3 is 0 Å². The third-order valence-electron chi connectivity index (χ3n) is 16.2. The molecule has 2 aliphatic heterocycles. The van der Waals surface area contributed by atoms with Gasteiger partial charge in [0.15, 0.2) is 0 Å². The fraction of sp³-hybridized carbons (Fsp3) is 0.362. The molecule has 0 atom stereocenters. The standard InChI is InChI=1S/C69H77BN2OS/c1-40-34-54-59-55(35-40)72(52-31-26-44(66(8,9)10)36-49(52)41-20-22-42(23-21-41)64(2,3)4)61-50-37-45(67(11,12)13)27-33-57(50)74-63(61)70(59)60-53(71(54)47-28-24-43(25-29-47)65(5,6)7)32-30-48-58-51(69(17,18)19)38-46(68(14,15)16)39-56(58)73-62(48)60/h20-39H,1-19H3. The summed E-state index contributed by atoms with van der Waals surface area (Å²) in [5, 5.41) is 3.70. The van der Waals surface area contributed by atoms with Gasteiger partial charge in [0.2, 0.25) is 0 Å². The van der Waals surface area contributed by atoms with E-state index >= 15 is 0 Å². The Kier molecular flexibility index (Phi) is 11.2. The van der Waals surface area contributed by atoms with Gasteiger partial charge in [0, 0.05) is 53.9 Å². The van der Waals surface area contributed by atoms with Gasteiger partial charge in [0.05, 0.1) is 11.4 Å². The quantitative estimate of drug-likeness (QED) is 0.165. The Hall–Kier alpha value is -6.04. The Labute approximate surface area is 447 Å². The van der Waals surface area contributed by atoms with Crippen LogP contribution in [0, 0.1) is 6.92 Å². The molecule has 9 aromatic rings. The first-order valence-electron chi connectivity index (χ1n) is 27.1. The average Bonchev–Trinajstić information content (AvgIpc) is 3.88. The first-order valence-corrected chi connectivity index (χ1v) is 27.9. The summed E-state index contributed by atoms with van der Waals surface area (Å²) in [7, 11) is 0. The van der Waals surface area contributed by atoms with E-state index in [0.29, 0.717) is 0 Å². The second-order valence-corrected chi connectivity index (χ2v) is 29.2. The van der Waals surface area contributed by atoms with Gasteiger partial charge in [-0.15, -0.1) is 11.3 Å². The van der Waals surface area contributed by atoms with Crippen molar-refractivity contribution in [2.75, 3.05) is 9.80 Å². The van der Waals surface area contributed by atoms with Gasteiger partial charge in [-0.3, -0.25) is 0 Å². The van der Waals surface area contributed by atoms with Crippen LogP contribution in [0.3, 0.4) is 0 Å². The van der Waals surface area contributed by atoms with E-state index in [1.165, 1.54) is 115 Å². The van der Waals surface area contributed by atoms with Crippen LogP contribution in [0.4, 0.5) is 34.1 Å². The highest BCUT2D eigenvalue weighted by atomic mass is 32.1. The predicted octanol–water partition coefficient (Wildman–Crippen LogP) is 18.6. The Morgan fingerprint density at radius 3 is 1.54 bits per heavy atom. The maximum absolute atomic E-state index is 7.59. The van der Waals surface area contributed by atoms with E-state index in [9.17, 15) is 0 Å². The summed E-state index contributed by atoms with van der Waals surface area (Å²) >= 11 is 1.97. The van der Waals surface area contributed by atoms with Crippen molar-refractivity contribution in [3.05, 3.63) is 160 Å². The lowest BCUT2D eigenvalue weighted by Gasteiger charge is -2.44. The number of fused-ring (bicyclic) bond motifs is 10. The second-order valence-electron chi connectivity index (χ2n) is 28.1. The Balaban J connectivity index is 1.30. The van der Waals surface area contributed by atoms with E-state index in [4.69, 9.17) is 4.42 Å². The summed E-state index contributed by atoms with van der Waals surface area (Å²) in [6.45, 7) is 44.1. The molecule has 74 heavy (non-hydrogen) atoms. The van der Waals surface area contributed by atoms with Gasteiger partial charge in [0.25, 0.3) is 6.71 Å². The molecular weight excluding hydrogens is 916 g/mol. The number of rotatable bonds is 3. The first-order chi connectivity index (χ1) is 34.4. The molecule has 3 nitrogen and oxygen atoms in total. The molecule has 11 rings (SSSR count). The summed E-state index contributed by atoms with van der Waals surface area (Å²) < 4.78 is 10.2. The van der Waals surface area contributed by atoms with Crippen molar-refractivity contribution in [2.24, 2.45) is 0 Å². The maximum Gasteiger partial charge on any atom is 0.269 e. The van der Waals surface area contributed by atoms with Crippen molar-refractivity contribution in [2.45, 2.75) is 164 Å². The van der Waals surface area contributed by atoms with Crippen LogP contribution in [0.15, 0.2) is 126 Å². The summed E-state index contributed by atoms with van der Waals surface area (Å²) in [6.07, 6.45) is 0. The molecule has 0 amide bonds. The number of hydrogen-bond donors (Lipinski definition) is 0. The number of anilines is 6. The van der Waals surface area contributed by atoms with Gasteiger partial charge in [-0.25, -0.2) is 0 Å². The smallest absolute Gasteiger partial charge is 0.269 e. The van der Waals surface area contributed by atoms with Crippen LogP contribution >= 0.6 is 11.3 Å². The third kappa shape index (κ3) is 8.14. The molecular formula is C69H77BN2OS. The monoisotopic (exact) mass is 993 g/mol. The van der Waals surface area contributed by atoms with E-state index in [2.05, 4.69) is 263 Å². The minimum Gasteiger partial charge on any atom is -0.456 e. The molecule has 2 aliphatic rings. The molecule has 0 aliphatic carbocycles. The van der Waals surface area contributed by atoms with Crippen LogP contribution in [-0.4, -0.2) is 6.71 Å². The highest BCUT2D eigenvalue weighted by Gasteiger charge is 2.48. The van der Waals surface area contributed by atoms with Gasteiger partial charge in [-0.1, -0.05) is 179 Å². The summed E-state index contributed by atoms with van der Waals surface area (Å²) in [5.41, 5.74) is 23.1. The van der Waals surface area contributed by atoms with Crippen molar-refractivity contribution in [1.82, 2.24) is 0 Å². The van der Waals surface area contributed by atoms with Crippen LogP contribution < -0.4 is 25.5 Å². The number of furan rings is 1. The van der Waals surface area contributed by atoms with Crippen LogP contribution in [0.5, 0.6) is 0 Å². The van der Waals surface area contributed by atoms with E-state index in [1.807, 2.05) is 11.3 Å². The molecule has 0 fully saturated rings. The molecule has 0 saturated carbocycles. The largest absolute Gasteiger partial charge is 0.456 e. The number of benzene rings is 7. The van der Waals surface area contributed by atoms with E-state index in [0.717, 1.165) is 16.9 Å². The van der Waals surface area contributed by atoms with Crippen molar-refractivity contribution < 1.29 is 4.42 Å². The average molecular weight is 993 g/mol. The number of aryl methyl sites for hydroxylation is 1. The fourth-order valence-corrected chi connectivity index (χ4v) is 13.1. The molecule has 5 heteroatoms. The van der Waals surface area contributed by atoms with Crippen molar-refractivity contribution in [3.63, 3.8) is 0 Å². The second kappa shape index (κ2) is 16.5. The molecule has 0 bridgehead atoms. The van der Waals surface area contributed by atoms with E-state index in [1.54, 1.807) is 0 Å². The molecule has 4 heterocycles. The van der Waals surface area contributed by atoms with Crippen LogP contribution in [0.25, 0.3) is 43.2 Å². The summed E-state index contributed by atoms with van der Waals surface area (Å²) in [6, 6.07) is 47.9. The highest BCUT2D eigenvalue weighted by Crippen LogP contribution is 2.53. The predicted molar refractivity (Wildman–Crippen MR) is 325 cm³/mol. The highest BCUT2D eigenvalue weighted by molar-refractivity contribution is 7.34. The lowest BCUT2D eigenvalue weighted by molar-refractivity contribution is 0.569. The molecule has 0 N–H and O–H groups in total. The van der Waals surface area contributed by atoms with Crippen molar-refractivity contribution in [1.29, 1.82) is 0 Å². The molecule has 7 aromatic carbocycles. The van der Waals surface area contributed by atoms with Crippen LogP contribution in [0.1, 0.15) is 164 Å². The summed E-state index contributed by atoms with van der Waals surface area (Å²) in [4.78, 5) is 5.24. The summed E-state index contributed by atoms with van der Waals surface area (Å²) in [5.74, 6) is 0. The topological polar surface area (TPSA) is 19.6 Å². The van der Waals surface area contributed by atoms with Gasteiger partial charge in [0.1, 0.15) is 11.2 Å².